The van der Waals surface area contributed by atoms with Gasteiger partial charge < -0.3 is 10.4 Å². The molecule has 2 aromatic rings. The Morgan fingerprint density at radius 3 is 2.58 bits per heavy atom. The molecule has 128 valence electrons. The van der Waals surface area contributed by atoms with E-state index in [1.807, 2.05) is 48.2 Å². The Kier molecular flexibility index (Phi) is 7.43. The summed E-state index contributed by atoms with van der Waals surface area (Å²) in [6, 6.07) is 15.9. The lowest BCUT2D eigenvalue weighted by Gasteiger charge is -2.21. The highest BCUT2D eigenvalue weighted by atomic mass is 79.9. The maximum Gasteiger partial charge on any atom is 0.238 e. The number of halogens is 1. The van der Waals surface area contributed by atoms with E-state index in [1.165, 1.54) is 5.56 Å². The lowest BCUT2D eigenvalue weighted by Crippen LogP contribution is -2.36. The molecule has 2 N–H and O–H groups in total. The first kappa shape index (κ1) is 18.6. The van der Waals surface area contributed by atoms with Crippen LogP contribution in [0.25, 0.3) is 0 Å². The van der Waals surface area contributed by atoms with Gasteiger partial charge in [-0.1, -0.05) is 46.3 Å². The van der Waals surface area contributed by atoms with Crippen LogP contribution in [0.15, 0.2) is 53.0 Å². The topological polar surface area (TPSA) is 52.6 Å². The highest BCUT2D eigenvalue weighted by molar-refractivity contribution is 9.10. The third kappa shape index (κ3) is 6.07. The summed E-state index contributed by atoms with van der Waals surface area (Å²) in [4.78, 5) is 14.2. The van der Waals surface area contributed by atoms with Crippen molar-refractivity contribution in [2.45, 2.75) is 13.3 Å². The molecule has 0 aliphatic heterocycles. The van der Waals surface area contributed by atoms with Crippen molar-refractivity contribution in [2.75, 3.05) is 31.6 Å². The number of hydrogen-bond acceptors (Lipinski definition) is 3. The van der Waals surface area contributed by atoms with Crippen LogP contribution in [0.3, 0.4) is 0 Å². The third-order valence-corrected chi connectivity index (χ3v) is 4.67. The Balaban J connectivity index is 1.88. The number of hydrogen-bond donors (Lipinski definition) is 2. The second-order valence-corrected chi connectivity index (χ2v) is 6.60. The Morgan fingerprint density at radius 1 is 1.17 bits per heavy atom. The Morgan fingerprint density at radius 2 is 1.92 bits per heavy atom. The lowest BCUT2D eigenvalue weighted by atomic mass is 10.1. The van der Waals surface area contributed by atoms with Gasteiger partial charge >= 0.3 is 0 Å². The molecule has 0 aromatic heterocycles. The van der Waals surface area contributed by atoms with E-state index in [1.54, 1.807) is 0 Å². The zero-order chi connectivity index (χ0) is 17.4. The number of carbonyl (C=O) groups excluding carboxylic acids is 1. The fraction of sp³-hybridized carbons (Fsp3) is 0.316. The van der Waals surface area contributed by atoms with Gasteiger partial charge in [0.2, 0.25) is 5.91 Å². The van der Waals surface area contributed by atoms with Gasteiger partial charge in [0.1, 0.15) is 0 Å². The summed E-state index contributed by atoms with van der Waals surface area (Å²) in [6.07, 6.45) is 0.853. The van der Waals surface area contributed by atoms with Crippen LogP contribution in [-0.2, 0) is 11.2 Å². The predicted octanol–water partition coefficient (Wildman–Crippen LogP) is 3.23. The molecule has 0 fully saturated rings. The first-order chi connectivity index (χ1) is 11.6. The molecule has 24 heavy (non-hydrogen) atoms. The lowest BCUT2D eigenvalue weighted by molar-refractivity contribution is -0.117. The van der Waals surface area contributed by atoms with Crippen LogP contribution in [0.5, 0.6) is 0 Å². The monoisotopic (exact) mass is 390 g/mol. The largest absolute Gasteiger partial charge is 0.395 e. The van der Waals surface area contributed by atoms with E-state index in [-0.39, 0.29) is 19.1 Å². The molecular formula is C19H23BrN2O2. The number of carbonyl (C=O) groups is 1. The minimum absolute atomic E-state index is 0.0411. The standard InChI is InChI=1S/C19H23BrN2O2/c1-15-13-17(7-8-18(15)20)21-19(24)14-22(11-12-23)10-9-16-5-3-2-4-6-16/h2-8,13,23H,9-12,14H2,1H3,(H,21,24). The maximum atomic E-state index is 12.3. The van der Waals surface area contributed by atoms with E-state index in [2.05, 4.69) is 33.4 Å². The maximum absolute atomic E-state index is 12.3. The summed E-state index contributed by atoms with van der Waals surface area (Å²) in [7, 11) is 0. The second kappa shape index (κ2) is 9.57. The van der Waals surface area contributed by atoms with E-state index >= 15 is 0 Å². The van der Waals surface area contributed by atoms with Gasteiger partial charge in [-0.05, 0) is 42.7 Å². The molecule has 0 saturated heterocycles. The molecule has 0 unspecified atom stereocenters. The van der Waals surface area contributed by atoms with Gasteiger partial charge in [0, 0.05) is 23.2 Å². The van der Waals surface area contributed by atoms with Crippen molar-refractivity contribution in [2.24, 2.45) is 0 Å². The van der Waals surface area contributed by atoms with E-state index in [9.17, 15) is 9.90 Å². The number of amides is 1. The Bertz CT molecular complexity index is 662. The van der Waals surface area contributed by atoms with Crippen molar-refractivity contribution < 1.29 is 9.90 Å². The fourth-order valence-corrected chi connectivity index (χ4v) is 2.72. The molecule has 0 spiro atoms. The molecule has 0 atom stereocenters. The quantitative estimate of drug-likeness (QED) is 0.727. The van der Waals surface area contributed by atoms with Crippen molar-refractivity contribution in [1.82, 2.24) is 4.90 Å². The summed E-state index contributed by atoms with van der Waals surface area (Å²) in [6.45, 7) is 3.51. The van der Waals surface area contributed by atoms with E-state index < -0.39 is 0 Å². The first-order valence-electron chi connectivity index (χ1n) is 8.01. The number of nitrogens with zero attached hydrogens (tertiary/aromatic N) is 1. The Labute approximate surface area is 151 Å². The third-order valence-electron chi connectivity index (χ3n) is 3.78. The number of aliphatic hydroxyl groups is 1. The minimum Gasteiger partial charge on any atom is -0.395 e. The van der Waals surface area contributed by atoms with E-state index in [0.717, 1.165) is 28.7 Å². The second-order valence-electron chi connectivity index (χ2n) is 5.75. The van der Waals surface area contributed by atoms with Crippen LogP contribution in [-0.4, -0.2) is 42.2 Å². The van der Waals surface area contributed by atoms with E-state index in [4.69, 9.17) is 0 Å². The average molecular weight is 391 g/mol. The van der Waals surface area contributed by atoms with Crippen LogP contribution in [0, 0.1) is 6.92 Å². The molecule has 1 amide bonds. The van der Waals surface area contributed by atoms with Crippen molar-refractivity contribution in [1.29, 1.82) is 0 Å². The van der Waals surface area contributed by atoms with E-state index in [0.29, 0.717) is 6.54 Å². The van der Waals surface area contributed by atoms with Crippen LogP contribution < -0.4 is 5.32 Å². The summed E-state index contributed by atoms with van der Waals surface area (Å²) in [5.41, 5.74) is 3.08. The minimum atomic E-state index is -0.0711. The van der Waals surface area contributed by atoms with Gasteiger partial charge in [0.05, 0.1) is 13.2 Å². The van der Waals surface area contributed by atoms with Crippen LogP contribution in [0.2, 0.25) is 0 Å². The number of rotatable bonds is 8. The smallest absolute Gasteiger partial charge is 0.238 e. The van der Waals surface area contributed by atoms with Crippen LogP contribution in [0.1, 0.15) is 11.1 Å². The zero-order valence-electron chi connectivity index (χ0n) is 13.8. The first-order valence-corrected chi connectivity index (χ1v) is 8.81. The summed E-state index contributed by atoms with van der Waals surface area (Å²) < 4.78 is 1.02. The van der Waals surface area contributed by atoms with Crippen molar-refractivity contribution in [3.05, 3.63) is 64.1 Å². The highest BCUT2D eigenvalue weighted by Gasteiger charge is 2.11. The average Bonchev–Trinajstić information content (AvgIpc) is 2.57. The molecule has 4 nitrogen and oxygen atoms in total. The van der Waals surface area contributed by atoms with Gasteiger partial charge in [-0.2, -0.15) is 0 Å². The summed E-state index contributed by atoms with van der Waals surface area (Å²) in [5.74, 6) is -0.0711. The van der Waals surface area contributed by atoms with Crippen molar-refractivity contribution >= 4 is 27.5 Å². The number of anilines is 1. The normalized spacial score (nSPS) is 10.8. The number of aryl methyl sites for hydroxylation is 1. The Hall–Kier alpha value is -1.69. The molecule has 0 aliphatic rings. The zero-order valence-corrected chi connectivity index (χ0v) is 15.4. The van der Waals surface area contributed by atoms with Gasteiger partial charge in [-0.15, -0.1) is 0 Å². The van der Waals surface area contributed by atoms with Gasteiger partial charge in [-0.3, -0.25) is 9.69 Å². The highest BCUT2D eigenvalue weighted by Crippen LogP contribution is 2.19. The van der Waals surface area contributed by atoms with Crippen molar-refractivity contribution in [3.8, 4) is 0 Å². The number of benzene rings is 2. The molecule has 0 radical (unpaired) electrons. The molecule has 2 rings (SSSR count). The molecule has 0 heterocycles. The predicted molar refractivity (Wildman–Crippen MR) is 101 cm³/mol. The van der Waals surface area contributed by atoms with Crippen molar-refractivity contribution in [3.63, 3.8) is 0 Å². The van der Waals surface area contributed by atoms with Gasteiger partial charge in [0.25, 0.3) is 0 Å². The summed E-state index contributed by atoms with van der Waals surface area (Å²) in [5, 5.41) is 12.1. The van der Waals surface area contributed by atoms with Gasteiger partial charge in [0.15, 0.2) is 0 Å². The van der Waals surface area contributed by atoms with Crippen LogP contribution >= 0.6 is 15.9 Å². The number of aliphatic hydroxyl groups excluding tert-OH is 1. The molecule has 5 heteroatoms. The summed E-state index contributed by atoms with van der Waals surface area (Å²) >= 11 is 3.45. The molecule has 0 saturated carbocycles. The number of nitrogens with one attached hydrogen (secondary N) is 1. The molecule has 2 aromatic carbocycles. The molecule has 0 aliphatic carbocycles. The molecular weight excluding hydrogens is 368 g/mol. The van der Waals surface area contributed by atoms with Gasteiger partial charge in [-0.25, -0.2) is 0 Å². The molecule has 0 bridgehead atoms. The SMILES string of the molecule is Cc1cc(NC(=O)CN(CCO)CCc2ccccc2)ccc1Br. The fourth-order valence-electron chi connectivity index (χ4n) is 2.47. The van der Waals surface area contributed by atoms with Crippen LogP contribution in [0.4, 0.5) is 5.69 Å².